The van der Waals surface area contributed by atoms with Gasteiger partial charge in [0.2, 0.25) is 5.91 Å². The fourth-order valence-corrected chi connectivity index (χ4v) is 2.92. The number of urea groups is 1. The minimum absolute atomic E-state index is 0.0438. The summed E-state index contributed by atoms with van der Waals surface area (Å²) in [5.74, 6) is -0.693. The minimum Gasteiger partial charge on any atom is -0.331 e. The van der Waals surface area contributed by atoms with Gasteiger partial charge in [-0.25, -0.2) is 9.18 Å². The van der Waals surface area contributed by atoms with E-state index in [4.69, 9.17) is 0 Å². The molecule has 1 unspecified atom stereocenters. The van der Waals surface area contributed by atoms with Crippen LogP contribution in [0.2, 0.25) is 0 Å². The predicted molar refractivity (Wildman–Crippen MR) is 91.3 cm³/mol. The number of benzene rings is 1. The van der Waals surface area contributed by atoms with Gasteiger partial charge < -0.3 is 15.1 Å². The molecule has 1 N–H and O–H groups in total. The molecule has 0 aliphatic carbocycles. The zero-order chi connectivity index (χ0) is 17.7. The van der Waals surface area contributed by atoms with E-state index in [1.165, 1.54) is 12.1 Å². The molecule has 0 aromatic heterocycles. The Morgan fingerprint density at radius 1 is 1.29 bits per heavy atom. The van der Waals surface area contributed by atoms with Crippen molar-refractivity contribution in [2.75, 3.05) is 46.1 Å². The summed E-state index contributed by atoms with van der Waals surface area (Å²) in [6, 6.07) is 6.15. The molecule has 0 saturated carbocycles. The van der Waals surface area contributed by atoms with Crippen LogP contribution in [0.1, 0.15) is 12.8 Å². The van der Waals surface area contributed by atoms with Gasteiger partial charge in [-0.3, -0.25) is 9.69 Å². The lowest BCUT2D eigenvalue weighted by molar-refractivity contribution is -0.117. The normalized spacial score (nSPS) is 18.1. The highest BCUT2D eigenvalue weighted by atomic mass is 19.1. The summed E-state index contributed by atoms with van der Waals surface area (Å²) in [7, 11) is 5.23. The van der Waals surface area contributed by atoms with Crippen molar-refractivity contribution in [1.82, 2.24) is 14.7 Å². The monoisotopic (exact) mass is 336 g/mol. The number of nitrogens with one attached hydrogen (secondary N) is 1. The first-order valence-corrected chi connectivity index (χ1v) is 8.09. The fraction of sp³-hybridized carbons (Fsp3) is 0.529. The average Bonchev–Trinajstić information content (AvgIpc) is 2.55. The molecule has 1 aromatic rings. The molecule has 1 aromatic carbocycles. The van der Waals surface area contributed by atoms with Crippen molar-refractivity contribution in [2.45, 2.75) is 18.9 Å². The quantitative estimate of drug-likeness (QED) is 0.913. The number of hydrogen-bond donors (Lipinski definition) is 1. The lowest BCUT2D eigenvalue weighted by Gasteiger charge is -2.38. The largest absolute Gasteiger partial charge is 0.331 e. The molecule has 1 atom stereocenters. The van der Waals surface area contributed by atoms with Crippen LogP contribution in [-0.4, -0.2) is 73.5 Å². The maximum atomic E-state index is 13.6. The SMILES string of the molecule is CN(C)C(=O)N(C)C1CCCN(CC(=O)Nc2ccccc2F)C1. The molecule has 1 heterocycles. The molecule has 0 radical (unpaired) electrons. The number of anilines is 1. The van der Waals surface area contributed by atoms with Crippen LogP contribution in [-0.2, 0) is 4.79 Å². The number of piperidine rings is 1. The molecule has 0 spiro atoms. The van der Waals surface area contributed by atoms with Crippen LogP contribution < -0.4 is 5.32 Å². The van der Waals surface area contributed by atoms with E-state index in [1.54, 1.807) is 43.1 Å². The molecular formula is C17H25FN4O2. The Kier molecular flexibility index (Phi) is 6.14. The Morgan fingerprint density at radius 2 is 2.00 bits per heavy atom. The molecule has 3 amide bonds. The second-order valence-electron chi connectivity index (χ2n) is 6.35. The number of amides is 3. The average molecular weight is 336 g/mol. The summed E-state index contributed by atoms with van der Waals surface area (Å²) in [6.45, 7) is 1.63. The number of likely N-dealkylation sites (tertiary alicyclic amines) is 1. The maximum absolute atomic E-state index is 13.6. The van der Waals surface area contributed by atoms with Crippen molar-refractivity contribution in [3.8, 4) is 0 Å². The van der Waals surface area contributed by atoms with Crippen LogP contribution in [0.3, 0.4) is 0 Å². The Hall–Kier alpha value is -2.15. The molecule has 1 fully saturated rings. The Labute approximate surface area is 142 Å². The smallest absolute Gasteiger partial charge is 0.319 e. The Bertz CT molecular complexity index is 594. The number of para-hydroxylation sites is 1. The minimum atomic E-state index is -0.446. The number of rotatable bonds is 4. The van der Waals surface area contributed by atoms with Gasteiger partial charge in [-0.1, -0.05) is 12.1 Å². The summed E-state index contributed by atoms with van der Waals surface area (Å²) in [5.41, 5.74) is 0.191. The standard InChI is InChI=1S/C17H25FN4O2/c1-20(2)17(24)21(3)13-7-6-10-22(11-13)12-16(23)19-15-9-5-4-8-14(15)18/h4-5,8-9,13H,6-7,10-12H2,1-3H3,(H,19,23). The molecule has 24 heavy (non-hydrogen) atoms. The van der Waals surface area contributed by atoms with Crippen molar-refractivity contribution < 1.29 is 14.0 Å². The zero-order valence-electron chi connectivity index (χ0n) is 14.5. The van der Waals surface area contributed by atoms with Gasteiger partial charge in [0.1, 0.15) is 5.82 Å². The maximum Gasteiger partial charge on any atom is 0.319 e. The van der Waals surface area contributed by atoms with Crippen LogP contribution in [0, 0.1) is 5.82 Å². The first-order valence-electron chi connectivity index (χ1n) is 8.09. The predicted octanol–water partition coefficient (Wildman–Crippen LogP) is 1.84. The number of halogens is 1. The lowest BCUT2D eigenvalue weighted by Crippen LogP contribution is -2.52. The molecule has 132 valence electrons. The highest BCUT2D eigenvalue weighted by molar-refractivity contribution is 5.92. The first kappa shape index (κ1) is 18.2. The number of hydrogen-bond acceptors (Lipinski definition) is 3. The van der Waals surface area contributed by atoms with Crippen molar-refractivity contribution in [3.05, 3.63) is 30.1 Å². The Morgan fingerprint density at radius 3 is 2.67 bits per heavy atom. The van der Waals surface area contributed by atoms with Gasteiger partial charge in [0.25, 0.3) is 0 Å². The van der Waals surface area contributed by atoms with Crippen LogP contribution in [0.5, 0.6) is 0 Å². The van der Waals surface area contributed by atoms with Crippen molar-refractivity contribution in [2.24, 2.45) is 0 Å². The third-order valence-electron chi connectivity index (χ3n) is 4.23. The molecule has 1 saturated heterocycles. The summed E-state index contributed by atoms with van der Waals surface area (Å²) in [4.78, 5) is 29.5. The zero-order valence-corrected chi connectivity index (χ0v) is 14.5. The van der Waals surface area contributed by atoms with Crippen LogP contribution in [0.15, 0.2) is 24.3 Å². The van der Waals surface area contributed by atoms with Crippen molar-refractivity contribution in [1.29, 1.82) is 0 Å². The van der Waals surface area contributed by atoms with E-state index in [9.17, 15) is 14.0 Å². The van der Waals surface area contributed by atoms with E-state index in [-0.39, 0.29) is 30.2 Å². The third kappa shape index (κ3) is 4.67. The molecule has 7 heteroatoms. The van der Waals surface area contributed by atoms with E-state index in [0.29, 0.717) is 6.54 Å². The lowest BCUT2D eigenvalue weighted by atomic mass is 10.0. The van der Waals surface area contributed by atoms with E-state index in [2.05, 4.69) is 5.32 Å². The van der Waals surface area contributed by atoms with Crippen molar-refractivity contribution in [3.63, 3.8) is 0 Å². The summed E-state index contributed by atoms with van der Waals surface area (Å²) < 4.78 is 13.6. The number of likely N-dealkylation sites (N-methyl/N-ethyl adjacent to an activating group) is 1. The van der Waals surface area contributed by atoms with E-state index < -0.39 is 5.82 Å². The van der Waals surface area contributed by atoms with E-state index in [0.717, 1.165) is 19.4 Å². The summed E-state index contributed by atoms with van der Waals surface area (Å²) in [5, 5.41) is 2.60. The highest BCUT2D eigenvalue weighted by Gasteiger charge is 2.27. The molecule has 6 nitrogen and oxygen atoms in total. The van der Waals surface area contributed by atoms with Gasteiger partial charge in [-0.2, -0.15) is 0 Å². The van der Waals surface area contributed by atoms with Gasteiger partial charge >= 0.3 is 6.03 Å². The fourth-order valence-electron chi connectivity index (χ4n) is 2.92. The molecular weight excluding hydrogens is 311 g/mol. The van der Waals surface area contributed by atoms with Crippen molar-refractivity contribution >= 4 is 17.6 Å². The summed E-state index contributed by atoms with van der Waals surface area (Å²) >= 11 is 0. The van der Waals surface area contributed by atoms with E-state index >= 15 is 0 Å². The van der Waals surface area contributed by atoms with Crippen LogP contribution in [0.4, 0.5) is 14.9 Å². The Balaban J connectivity index is 1.89. The third-order valence-corrected chi connectivity index (χ3v) is 4.23. The second kappa shape index (κ2) is 8.10. The van der Waals surface area contributed by atoms with Gasteiger partial charge in [-0.15, -0.1) is 0 Å². The highest BCUT2D eigenvalue weighted by Crippen LogP contribution is 2.16. The van der Waals surface area contributed by atoms with Gasteiger partial charge in [0.15, 0.2) is 0 Å². The van der Waals surface area contributed by atoms with Gasteiger partial charge in [-0.05, 0) is 31.5 Å². The van der Waals surface area contributed by atoms with Crippen LogP contribution >= 0.6 is 0 Å². The topological polar surface area (TPSA) is 55.9 Å². The van der Waals surface area contributed by atoms with Crippen LogP contribution in [0.25, 0.3) is 0 Å². The van der Waals surface area contributed by atoms with Gasteiger partial charge in [0, 0.05) is 33.7 Å². The second-order valence-corrected chi connectivity index (χ2v) is 6.35. The van der Waals surface area contributed by atoms with E-state index in [1.807, 2.05) is 4.90 Å². The number of carbonyl (C=O) groups excluding carboxylic acids is 2. The number of nitrogens with zero attached hydrogens (tertiary/aromatic N) is 3. The molecule has 2 rings (SSSR count). The first-order chi connectivity index (χ1) is 11.4. The van der Waals surface area contributed by atoms with Gasteiger partial charge in [0.05, 0.1) is 12.2 Å². The number of carbonyl (C=O) groups is 2. The summed E-state index contributed by atoms with van der Waals surface area (Å²) in [6.07, 6.45) is 1.84. The molecule has 1 aliphatic rings. The molecule has 1 aliphatic heterocycles. The molecule has 0 bridgehead atoms.